The molecule has 0 aromatic carbocycles. The van der Waals surface area contributed by atoms with Gasteiger partial charge in [-0.15, -0.1) is 0 Å². The van der Waals surface area contributed by atoms with Crippen LogP contribution in [0.15, 0.2) is 12.2 Å². The van der Waals surface area contributed by atoms with E-state index in [1.54, 1.807) is 4.90 Å². The average molecular weight is 658 g/mol. The Labute approximate surface area is 279 Å². The first-order chi connectivity index (χ1) is 21.6. The molecule has 0 aromatic rings. The summed E-state index contributed by atoms with van der Waals surface area (Å²) in [5, 5.41) is 0. The summed E-state index contributed by atoms with van der Waals surface area (Å²) in [6.45, 7) is 3.59. The third-order valence-electron chi connectivity index (χ3n) is 8.94. The fourth-order valence-electron chi connectivity index (χ4n) is 6.00. The molecule has 0 radical (unpaired) electrons. The van der Waals surface area contributed by atoms with Crippen molar-refractivity contribution in [1.82, 2.24) is 4.90 Å². The van der Waals surface area contributed by atoms with E-state index in [1.807, 2.05) is 21.1 Å². The zero-order valence-electron chi connectivity index (χ0n) is 30.2. The van der Waals surface area contributed by atoms with Crippen LogP contribution in [-0.2, 0) is 18.4 Å². The number of likely N-dealkylation sites (N-methyl/N-ethyl adjacent to an activating group) is 1. The van der Waals surface area contributed by atoms with Crippen LogP contribution in [0.5, 0.6) is 0 Å². The highest BCUT2D eigenvalue weighted by atomic mass is 31.2. The van der Waals surface area contributed by atoms with Gasteiger partial charge in [-0.1, -0.05) is 135 Å². The fraction of sp³-hybridized carbons (Fsp3) is 0.919. The monoisotopic (exact) mass is 658 g/mol. The molecule has 1 amide bonds. The number of allylic oxidation sites excluding steroid dienone is 2. The zero-order chi connectivity index (χ0) is 33.1. The van der Waals surface area contributed by atoms with Crippen molar-refractivity contribution in [2.24, 2.45) is 0 Å². The second-order valence-electron chi connectivity index (χ2n) is 14.5. The van der Waals surface area contributed by atoms with E-state index in [0.717, 1.165) is 32.1 Å². The fourth-order valence-corrected chi connectivity index (χ4v) is 6.90. The van der Waals surface area contributed by atoms with Gasteiger partial charge in [0.05, 0.1) is 21.1 Å². The largest absolute Gasteiger partial charge is 0.474 e. The van der Waals surface area contributed by atoms with Gasteiger partial charge in [-0.05, 0) is 44.9 Å². The van der Waals surface area contributed by atoms with Crippen LogP contribution in [0.1, 0.15) is 174 Å². The van der Waals surface area contributed by atoms with E-state index in [-0.39, 0.29) is 12.5 Å². The summed E-state index contributed by atoms with van der Waals surface area (Å²) in [4.78, 5) is 24.5. The molecule has 266 valence electrons. The first-order valence-electron chi connectivity index (χ1n) is 19.1. The van der Waals surface area contributed by atoms with E-state index in [0.29, 0.717) is 30.4 Å². The summed E-state index contributed by atoms with van der Waals surface area (Å²) >= 11 is 0. The molecule has 0 spiro atoms. The zero-order valence-corrected chi connectivity index (χ0v) is 31.1. The summed E-state index contributed by atoms with van der Waals surface area (Å²) < 4.78 is 23.5. The quantitative estimate of drug-likeness (QED) is 0.0347. The third-order valence-corrected chi connectivity index (χ3v) is 9.96. The Morgan fingerprint density at radius 2 is 1.20 bits per heavy atom. The van der Waals surface area contributed by atoms with Gasteiger partial charge in [0.1, 0.15) is 19.4 Å². The molecule has 1 aliphatic rings. The minimum absolute atomic E-state index is 0.0147. The highest BCUT2D eigenvalue weighted by molar-refractivity contribution is 7.47. The van der Waals surface area contributed by atoms with Crippen LogP contribution in [-0.4, -0.2) is 67.3 Å². The molecule has 1 fully saturated rings. The van der Waals surface area contributed by atoms with Crippen molar-refractivity contribution >= 4 is 13.7 Å². The van der Waals surface area contributed by atoms with Gasteiger partial charge < -0.3 is 14.3 Å². The minimum atomic E-state index is -4.19. The highest BCUT2D eigenvalue weighted by Gasteiger charge is 2.36. The van der Waals surface area contributed by atoms with Crippen molar-refractivity contribution in [1.29, 1.82) is 0 Å². The number of quaternary nitrogens is 1. The van der Waals surface area contributed by atoms with Crippen LogP contribution in [0, 0.1) is 0 Å². The van der Waals surface area contributed by atoms with Crippen LogP contribution in [0.25, 0.3) is 0 Å². The van der Waals surface area contributed by atoms with Crippen molar-refractivity contribution < 1.29 is 27.8 Å². The maximum absolute atomic E-state index is 12.7. The minimum Gasteiger partial charge on any atom is -0.329 e. The van der Waals surface area contributed by atoms with Gasteiger partial charge in [0.15, 0.2) is 0 Å². The SMILES string of the molecule is CCCCCCCCCCCCCCCCCC/C=C\CCCCCCCC(=O)N1CCC[C@H]1OP(=O)(O)OCC[N+](C)(C)C. The van der Waals surface area contributed by atoms with Gasteiger partial charge >= 0.3 is 7.82 Å². The highest BCUT2D eigenvalue weighted by Crippen LogP contribution is 2.46. The second-order valence-corrected chi connectivity index (χ2v) is 15.9. The van der Waals surface area contributed by atoms with Gasteiger partial charge in [0, 0.05) is 13.0 Å². The van der Waals surface area contributed by atoms with Crippen molar-refractivity contribution in [3.63, 3.8) is 0 Å². The predicted octanol–water partition coefficient (Wildman–Crippen LogP) is 10.7. The number of phosphoric acid groups is 1. The molecule has 0 aliphatic carbocycles. The number of phosphoric ester groups is 1. The first-order valence-corrected chi connectivity index (χ1v) is 20.5. The standard InChI is InChI=1S/C37H73N2O5P/c1-5-6-7-8-9-10-11-12-13-14-15-16-17-18-19-20-21-22-23-24-25-26-27-28-29-31-36(40)38-33-30-32-37(38)44-45(41,42)43-35-34-39(2,3)4/h22-23,37H,5-21,24-35H2,1-4H3/p+1/b23-22-/t37-/m1/s1. The van der Waals surface area contributed by atoms with E-state index in [1.165, 1.54) is 122 Å². The molecular weight excluding hydrogens is 583 g/mol. The average Bonchev–Trinajstić information content (AvgIpc) is 3.43. The Morgan fingerprint density at radius 3 is 1.67 bits per heavy atom. The lowest BCUT2D eigenvalue weighted by Crippen LogP contribution is -2.38. The number of carbonyl (C=O) groups excluding carboxylic acids is 1. The summed E-state index contributed by atoms with van der Waals surface area (Å²) in [5.74, 6) is 0.0147. The lowest BCUT2D eigenvalue weighted by Gasteiger charge is -2.27. The van der Waals surface area contributed by atoms with Crippen molar-refractivity contribution in [2.45, 2.75) is 180 Å². The van der Waals surface area contributed by atoms with Crippen LogP contribution in [0.2, 0.25) is 0 Å². The Balaban J connectivity index is 1.90. The van der Waals surface area contributed by atoms with E-state index in [2.05, 4.69) is 19.1 Å². The van der Waals surface area contributed by atoms with Crippen molar-refractivity contribution in [2.75, 3.05) is 40.8 Å². The molecule has 1 aliphatic heterocycles. The molecule has 2 atom stereocenters. The molecule has 1 heterocycles. The van der Waals surface area contributed by atoms with Gasteiger partial charge in [-0.2, -0.15) is 0 Å². The Hall–Kier alpha value is -0.720. The molecule has 7 nitrogen and oxygen atoms in total. The van der Waals surface area contributed by atoms with Crippen LogP contribution < -0.4 is 0 Å². The van der Waals surface area contributed by atoms with Gasteiger partial charge in [-0.3, -0.25) is 13.8 Å². The van der Waals surface area contributed by atoms with Crippen molar-refractivity contribution in [3.05, 3.63) is 12.2 Å². The smallest absolute Gasteiger partial charge is 0.329 e. The number of carbonyl (C=O) groups is 1. The topological polar surface area (TPSA) is 76.1 Å². The number of nitrogens with zero attached hydrogens (tertiary/aromatic N) is 2. The molecule has 1 saturated heterocycles. The summed E-state index contributed by atoms with van der Waals surface area (Å²) in [6.07, 6.45) is 36.4. The molecule has 0 aromatic heterocycles. The number of amides is 1. The molecule has 45 heavy (non-hydrogen) atoms. The number of rotatable bonds is 31. The predicted molar refractivity (Wildman–Crippen MR) is 190 cm³/mol. The molecule has 8 heteroatoms. The van der Waals surface area contributed by atoms with Gasteiger partial charge in [-0.25, -0.2) is 4.57 Å². The number of unbranched alkanes of at least 4 members (excludes halogenated alkanes) is 21. The molecule has 1 unspecified atom stereocenters. The molecular formula is C37H74N2O5P+. The van der Waals surface area contributed by atoms with Crippen LogP contribution in [0.4, 0.5) is 0 Å². The van der Waals surface area contributed by atoms with E-state index >= 15 is 0 Å². The Bertz CT molecular complexity index is 785. The Morgan fingerprint density at radius 1 is 0.756 bits per heavy atom. The first kappa shape index (κ1) is 42.3. The van der Waals surface area contributed by atoms with E-state index < -0.39 is 14.1 Å². The van der Waals surface area contributed by atoms with E-state index in [4.69, 9.17) is 9.05 Å². The number of hydrogen-bond donors (Lipinski definition) is 1. The van der Waals surface area contributed by atoms with Gasteiger partial charge in [0.25, 0.3) is 0 Å². The summed E-state index contributed by atoms with van der Waals surface area (Å²) in [6, 6.07) is 0. The van der Waals surface area contributed by atoms with Crippen LogP contribution in [0.3, 0.4) is 0 Å². The molecule has 0 saturated carbocycles. The summed E-state index contributed by atoms with van der Waals surface area (Å²) in [7, 11) is 1.78. The van der Waals surface area contributed by atoms with E-state index in [9.17, 15) is 14.3 Å². The van der Waals surface area contributed by atoms with Gasteiger partial charge in [0.2, 0.25) is 5.91 Å². The summed E-state index contributed by atoms with van der Waals surface area (Å²) in [5.41, 5.74) is 0. The van der Waals surface area contributed by atoms with Crippen molar-refractivity contribution in [3.8, 4) is 0 Å². The molecule has 1 N–H and O–H groups in total. The number of hydrogen-bond acceptors (Lipinski definition) is 4. The molecule has 0 bridgehead atoms. The lowest BCUT2D eigenvalue weighted by atomic mass is 10.0. The maximum Gasteiger partial charge on any atom is 0.474 e. The Kier molecular flexibility index (Phi) is 25.6. The lowest BCUT2D eigenvalue weighted by molar-refractivity contribution is -0.870. The maximum atomic E-state index is 12.7. The normalized spacial score (nSPS) is 17.0. The third kappa shape index (κ3) is 26.0. The molecule has 1 rings (SSSR count). The van der Waals surface area contributed by atoms with Crippen LogP contribution >= 0.6 is 7.82 Å². The second kappa shape index (κ2) is 27.3. The number of likely N-dealkylation sites (tertiary alicyclic amines) is 1.